The molecule has 0 saturated carbocycles. The summed E-state index contributed by atoms with van der Waals surface area (Å²) in [5.41, 5.74) is 6.00. The van der Waals surface area contributed by atoms with Crippen LogP contribution in [0.3, 0.4) is 0 Å². The van der Waals surface area contributed by atoms with Gasteiger partial charge in [0.25, 0.3) is 0 Å². The van der Waals surface area contributed by atoms with Gasteiger partial charge in [-0.3, -0.25) is 0 Å². The average molecular weight is 170 g/mol. The maximum absolute atomic E-state index is 6.00. The van der Waals surface area contributed by atoms with Crippen LogP contribution in [0.15, 0.2) is 0 Å². The van der Waals surface area contributed by atoms with E-state index in [1.165, 1.54) is 25.7 Å². The van der Waals surface area contributed by atoms with Gasteiger partial charge in [0.05, 0.1) is 0 Å². The van der Waals surface area contributed by atoms with E-state index in [2.05, 4.69) is 25.8 Å². The van der Waals surface area contributed by atoms with Crippen molar-refractivity contribution in [1.82, 2.24) is 4.90 Å². The van der Waals surface area contributed by atoms with Gasteiger partial charge in [0.1, 0.15) is 0 Å². The SMILES string of the molecule is CC[C@@H]1C[C@H](N)C[C@H](CC)N1C. The first-order valence-electron chi connectivity index (χ1n) is 5.16. The summed E-state index contributed by atoms with van der Waals surface area (Å²) < 4.78 is 0. The Kier molecular flexibility index (Phi) is 3.53. The molecule has 0 aromatic heterocycles. The molecule has 0 radical (unpaired) electrons. The third-order valence-electron chi connectivity index (χ3n) is 3.24. The monoisotopic (exact) mass is 170 g/mol. The molecule has 3 atom stereocenters. The van der Waals surface area contributed by atoms with Crippen LogP contribution < -0.4 is 5.73 Å². The van der Waals surface area contributed by atoms with Crippen LogP contribution in [-0.4, -0.2) is 30.1 Å². The van der Waals surface area contributed by atoms with E-state index in [0.29, 0.717) is 6.04 Å². The van der Waals surface area contributed by atoms with E-state index in [0.717, 1.165) is 12.1 Å². The van der Waals surface area contributed by atoms with Crippen LogP contribution in [0.5, 0.6) is 0 Å². The molecule has 1 aliphatic rings. The van der Waals surface area contributed by atoms with Crippen molar-refractivity contribution in [2.45, 2.75) is 57.7 Å². The van der Waals surface area contributed by atoms with Crippen LogP contribution >= 0.6 is 0 Å². The highest BCUT2D eigenvalue weighted by molar-refractivity contribution is 4.87. The number of likely N-dealkylation sites (tertiary alicyclic amines) is 1. The zero-order chi connectivity index (χ0) is 9.14. The van der Waals surface area contributed by atoms with Gasteiger partial charge in [-0.25, -0.2) is 0 Å². The Morgan fingerprint density at radius 2 is 1.58 bits per heavy atom. The van der Waals surface area contributed by atoms with Crippen LogP contribution in [0, 0.1) is 0 Å². The van der Waals surface area contributed by atoms with Gasteiger partial charge >= 0.3 is 0 Å². The Bertz CT molecular complexity index is 122. The first kappa shape index (κ1) is 10.0. The summed E-state index contributed by atoms with van der Waals surface area (Å²) in [6, 6.07) is 1.88. The lowest BCUT2D eigenvalue weighted by molar-refractivity contribution is 0.0963. The van der Waals surface area contributed by atoms with Gasteiger partial charge in [-0.15, -0.1) is 0 Å². The number of hydrogen-bond donors (Lipinski definition) is 1. The average Bonchev–Trinajstić information content (AvgIpc) is 2.08. The molecule has 2 N–H and O–H groups in total. The van der Waals surface area contributed by atoms with E-state index < -0.39 is 0 Å². The Balaban J connectivity index is 2.55. The number of nitrogens with zero attached hydrogens (tertiary/aromatic N) is 1. The molecule has 0 amide bonds. The molecular formula is C10H22N2. The Labute approximate surface area is 76.1 Å². The van der Waals surface area contributed by atoms with Gasteiger partial charge in [0.15, 0.2) is 0 Å². The molecule has 2 nitrogen and oxygen atoms in total. The molecule has 1 aliphatic heterocycles. The molecule has 1 rings (SSSR count). The molecule has 0 aromatic carbocycles. The standard InChI is InChI=1S/C10H22N2/c1-4-9-6-8(11)7-10(5-2)12(9)3/h8-10H,4-7,11H2,1-3H3/t8-,9+,10-. The van der Waals surface area contributed by atoms with Crippen molar-refractivity contribution in [2.24, 2.45) is 5.73 Å². The molecule has 0 bridgehead atoms. The highest BCUT2D eigenvalue weighted by Gasteiger charge is 2.29. The van der Waals surface area contributed by atoms with E-state index in [4.69, 9.17) is 5.73 Å². The minimum Gasteiger partial charge on any atom is -0.328 e. The lowest BCUT2D eigenvalue weighted by atomic mass is 9.90. The Hall–Kier alpha value is -0.0800. The molecule has 1 fully saturated rings. The quantitative estimate of drug-likeness (QED) is 0.682. The van der Waals surface area contributed by atoms with Gasteiger partial charge in [-0.2, -0.15) is 0 Å². The topological polar surface area (TPSA) is 29.3 Å². The van der Waals surface area contributed by atoms with Crippen molar-refractivity contribution in [1.29, 1.82) is 0 Å². The number of nitrogens with two attached hydrogens (primary N) is 1. The fourth-order valence-electron chi connectivity index (χ4n) is 2.34. The van der Waals surface area contributed by atoms with Crippen molar-refractivity contribution in [3.63, 3.8) is 0 Å². The molecule has 0 aromatic rings. The normalized spacial score (nSPS) is 38.5. The lowest BCUT2D eigenvalue weighted by Gasteiger charge is -2.41. The minimum absolute atomic E-state index is 0.441. The van der Waals surface area contributed by atoms with Crippen molar-refractivity contribution in [3.05, 3.63) is 0 Å². The third kappa shape index (κ3) is 1.99. The molecule has 0 aliphatic carbocycles. The largest absolute Gasteiger partial charge is 0.328 e. The second-order valence-electron chi connectivity index (χ2n) is 4.02. The van der Waals surface area contributed by atoms with E-state index in [1.54, 1.807) is 0 Å². The highest BCUT2D eigenvalue weighted by atomic mass is 15.2. The van der Waals surface area contributed by atoms with Crippen LogP contribution in [-0.2, 0) is 0 Å². The molecule has 1 heterocycles. The summed E-state index contributed by atoms with van der Waals surface area (Å²) in [5, 5.41) is 0. The van der Waals surface area contributed by atoms with Gasteiger partial charge in [0, 0.05) is 18.1 Å². The summed E-state index contributed by atoms with van der Waals surface area (Å²) in [4.78, 5) is 2.52. The summed E-state index contributed by atoms with van der Waals surface area (Å²) >= 11 is 0. The number of hydrogen-bond acceptors (Lipinski definition) is 2. The molecule has 12 heavy (non-hydrogen) atoms. The van der Waals surface area contributed by atoms with Crippen LogP contribution in [0.2, 0.25) is 0 Å². The van der Waals surface area contributed by atoms with E-state index >= 15 is 0 Å². The van der Waals surface area contributed by atoms with E-state index in [9.17, 15) is 0 Å². The summed E-state index contributed by atoms with van der Waals surface area (Å²) in [5.74, 6) is 0. The van der Waals surface area contributed by atoms with Crippen LogP contribution in [0.25, 0.3) is 0 Å². The second-order valence-corrected chi connectivity index (χ2v) is 4.02. The highest BCUT2D eigenvalue weighted by Crippen LogP contribution is 2.24. The van der Waals surface area contributed by atoms with Crippen LogP contribution in [0.1, 0.15) is 39.5 Å². The predicted octanol–water partition coefficient (Wildman–Crippen LogP) is 1.60. The van der Waals surface area contributed by atoms with Gasteiger partial charge in [0.2, 0.25) is 0 Å². The Morgan fingerprint density at radius 3 is 1.92 bits per heavy atom. The van der Waals surface area contributed by atoms with Crippen molar-refractivity contribution in [2.75, 3.05) is 7.05 Å². The molecule has 0 spiro atoms. The van der Waals surface area contributed by atoms with Gasteiger partial charge in [-0.05, 0) is 32.7 Å². The Morgan fingerprint density at radius 1 is 1.17 bits per heavy atom. The molecule has 0 unspecified atom stereocenters. The molecule has 2 heteroatoms. The zero-order valence-electron chi connectivity index (χ0n) is 8.59. The van der Waals surface area contributed by atoms with E-state index in [1.807, 2.05) is 0 Å². The molecular weight excluding hydrogens is 148 g/mol. The second kappa shape index (κ2) is 4.24. The smallest absolute Gasteiger partial charge is 0.0107 e. The predicted molar refractivity (Wildman–Crippen MR) is 53.1 cm³/mol. The first-order chi connectivity index (χ1) is 5.69. The summed E-state index contributed by atoms with van der Waals surface area (Å²) in [6.45, 7) is 4.51. The van der Waals surface area contributed by atoms with Crippen LogP contribution in [0.4, 0.5) is 0 Å². The van der Waals surface area contributed by atoms with Gasteiger partial charge in [-0.1, -0.05) is 13.8 Å². The lowest BCUT2D eigenvalue weighted by Crippen LogP contribution is -2.50. The fourth-order valence-corrected chi connectivity index (χ4v) is 2.34. The third-order valence-corrected chi connectivity index (χ3v) is 3.24. The van der Waals surface area contributed by atoms with Crippen molar-refractivity contribution in [3.8, 4) is 0 Å². The van der Waals surface area contributed by atoms with Crippen molar-refractivity contribution >= 4 is 0 Å². The number of rotatable bonds is 2. The zero-order valence-corrected chi connectivity index (χ0v) is 8.59. The summed E-state index contributed by atoms with van der Waals surface area (Å²) in [6.07, 6.45) is 4.84. The maximum atomic E-state index is 6.00. The van der Waals surface area contributed by atoms with Gasteiger partial charge < -0.3 is 10.6 Å². The fraction of sp³-hybridized carbons (Fsp3) is 1.00. The maximum Gasteiger partial charge on any atom is 0.0107 e. The number of piperidine rings is 1. The first-order valence-corrected chi connectivity index (χ1v) is 5.16. The van der Waals surface area contributed by atoms with Crippen molar-refractivity contribution < 1.29 is 0 Å². The van der Waals surface area contributed by atoms with E-state index in [-0.39, 0.29) is 0 Å². The minimum atomic E-state index is 0.441. The summed E-state index contributed by atoms with van der Waals surface area (Å²) in [7, 11) is 2.24. The molecule has 1 saturated heterocycles. The molecule has 72 valence electrons.